The molecule has 1 aliphatic heterocycles. The van der Waals surface area contributed by atoms with Gasteiger partial charge in [-0.1, -0.05) is 6.07 Å². The summed E-state index contributed by atoms with van der Waals surface area (Å²) in [4.78, 5) is 18.2. The summed E-state index contributed by atoms with van der Waals surface area (Å²) >= 11 is 0. The molecule has 2 rings (SSSR count). The Balaban J connectivity index is 1.95. The van der Waals surface area contributed by atoms with Gasteiger partial charge in [0.05, 0.1) is 5.75 Å². The minimum atomic E-state index is -1.02. The monoisotopic (exact) mass is 338 g/mol. The Morgan fingerprint density at radius 3 is 2.87 bits per heavy atom. The third kappa shape index (κ3) is 5.94. The molecule has 1 amide bonds. The lowest BCUT2D eigenvalue weighted by Gasteiger charge is -2.36. The molecule has 1 aliphatic rings. The smallest absolute Gasteiger partial charge is 0.410 e. The number of rotatable bonds is 4. The number of likely N-dealkylation sites (tertiary alicyclic amines) is 1. The van der Waals surface area contributed by atoms with Crippen LogP contribution >= 0.6 is 0 Å². The van der Waals surface area contributed by atoms with Crippen molar-refractivity contribution in [2.45, 2.75) is 57.4 Å². The zero-order valence-electron chi connectivity index (χ0n) is 14.2. The Morgan fingerprint density at radius 2 is 2.22 bits per heavy atom. The van der Waals surface area contributed by atoms with Crippen molar-refractivity contribution in [3.8, 4) is 0 Å². The first-order chi connectivity index (χ1) is 10.8. The summed E-state index contributed by atoms with van der Waals surface area (Å²) in [6, 6.07) is 3.77. The third-order valence-electron chi connectivity index (χ3n) is 3.68. The number of amides is 1. The zero-order chi connectivity index (χ0) is 16.9. The standard InChI is InChI=1S/C17H26N2O3S/c1-17(2,3)22-16(20)19-10-5-4-8-15(19)13-23(21)12-14-7-6-9-18-11-14/h6-7,9,11,15H,4-5,8,10,12-13H2,1-3H3/t15-,23-/m1/s1. The molecule has 128 valence electrons. The molecule has 0 radical (unpaired) electrons. The fraction of sp³-hybridized carbons (Fsp3) is 0.647. The average Bonchev–Trinajstić information content (AvgIpc) is 2.47. The number of carbonyl (C=O) groups is 1. The summed E-state index contributed by atoms with van der Waals surface area (Å²) in [7, 11) is -1.02. The van der Waals surface area contributed by atoms with Gasteiger partial charge in [0.2, 0.25) is 0 Å². The second-order valence-corrected chi connectivity index (χ2v) is 8.44. The van der Waals surface area contributed by atoms with Crippen molar-refractivity contribution in [1.29, 1.82) is 0 Å². The molecule has 2 atom stereocenters. The van der Waals surface area contributed by atoms with E-state index < -0.39 is 16.4 Å². The normalized spacial score (nSPS) is 20.1. The molecule has 6 heteroatoms. The topological polar surface area (TPSA) is 59.5 Å². The van der Waals surface area contributed by atoms with Crippen LogP contribution in [-0.2, 0) is 21.3 Å². The number of hydrogen-bond acceptors (Lipinski definition) is 4. The lowest BCUT2D eigenvalue weighted by molar-refractivity contribution is 0.0125. The van der Waals surface area contributed by atoms with Crippen molar-refractivity contribution < 1.29 is 13.7 Å². The van der Waals surface area contributed by atoms with E-state index in [1.807, 2.05) is 32.9 Å². The molecule has 5 nitrogen and oxygen atoms in total. The van der Waals surface area contributed by atoms with E-state index in [1.54, 1.807) is 17.3 Å². The van der Waals surface area contributed by atoms with Gasteiger partial charge >= 0.3 is 6.09 Å². The van der Waals surface area contributed by atoms with Crippen molar-refractivity contribution in [3.63, 3.8) is 0 Å². The van der Waals surface area contributed by atoms with Crippen LogP contribution in [0.15, 0.2) is 24.5 Å². The number of ether oxygens (including phenoxy) is 1. The molecule has 0 unspecified atom stereocenters. The molecule has 1 saturated heterocycles. The fourth-order valence-electron chi connectivity index (χ4n) is 2.68. The van der Waals surface area contributed by atoms with Crippen LogP contribution in [0.4, 0.5) is 4.79 Å². The Labute approximate surface area is 140 Å². The largest absolute Gasteiger partial charge is 0.444 e. The second kappa shape index (κ2) is 7.90. The summed E-state index contributed by atoms with van der Waals surface area (Å²) in [5.41, 5.74) is 0.457. The van der Waals surface area contributed by atoms with E-state index in [9.17, 15) is 9.00 Å². The molecular weight excluding hydrogens is 312 g/mol. The van der Waals surface area contributed by atoms with E-state index in [1.165, 1.54) is 0 Å². The van der Waals surface area contributed by atoms with Crippen molar-refractivity contribution in [3.05, 3.63) is 30.1 Å². The number of hydrogen-bond donors (Lipinski definition) is 0. The van der Waals surface area contributed by atoms with Crippen LogP contribution in [0.3, 0.4) is 0 Å². The van der Waals surface area contributed by atoms with Gasteiger partial charge in [-0.2, -0.15) is 0 Å². The zero-order valence-corrected chi connectivity index (χ0v) is 15.0. The minimum Gasteiger partial charge on any atom is -0.444 e. The van der Waals surface area contributed by atoms with Crippen LogP contribution in [0.5, 0.6) is 0 Å². The van der Waals surface area contributed by atoms with E-state index in [0.717, 1.165) is 24.8 Å². The lowest BCUT2D eigenvalue weighted by atomic mass is 10.0. The Hall–Kier alpha value is -1.43. The molecule has 0 aliphatic carbocycles. The molecule has 23 heavy (non-hydrogen) atoms. The van der Waals surface area contributed by atoms with Crippen molar-refractivity contribution >= 4 is 16.9 Å². The van der Waals surface area contributed by atoms with Gasteiger partial charge in [-0.15, -0.1) is 0 Å². The first kappa shape index (κ1) is 17.9. The van der Waals surface area contributed by atoms with Gasteiger partial charge in [0.15, 0.2) is 0 Å². The van der Waals surface area contributed by atoms with Gasteiger partial charge in [0.25, 0.3) is 0 Å². The number of piperidine rings is 1. The van der Waals surface area contributed by atoms with E-state index in [4.69, 9.17) is 4.74 Å². The SMILES string of the molecule is CC(C)(C)OC(=O)N1CCCC[C@@H]1C[S@](=O)Cc1cccnc1. The van der Waals surface area contributed by atoms with E-state index in [-0.39, 0.29) is 12.1 Å². The van der Waals surface area contributed by atoms with E-state index in [2.05, 4.69) is 4.98 Å². The van der Waals surface area contributed by atoms with Gasteiger partial charge in [-0.05, 0) is 51.7 Å². The van der Waals surface area contributed by atoms with Crippen molar-refractivity contribution in [1.82, 2.24) is 9.88 Å². The predicted molar refractivity (Wildman–Crippen MR) is 91.5 cm³/mol. The molecule has 0 N–H and O–H groups in total. The van der Waals surface area contributed by atoms with Crippen molar-refractivity contribution in [2.24, 2.45) is 0 Å². The van der Waals surface area contributed by atoms with Crippen molar-refractivity contribution in [2.75, 3.05) is 12.3 Å². The highest BCUT2D eigenvalue weighted by molar-refractivity contribution is 7.84. The molecule has 0 bridgehead atoms. The first-order valence-corrected chi connectivity index (χ1v) is 9.57. The molecule has 0 aromatic carbocycles. The van der Waals surface area contributed by atoms with Crippen LogP contribution in [0.1, 0.15) is 45.6 Å². The van der Waals surface area contributed by atoms with Crippen LogP contribution in [0.2, 0.25) is 0 Å². The highest BCUT2D eigenvalue weighted by Crippen LogP contribution is 2.21. The van der Waals surface area contributed by atoms with E-state index in [0.29, 0.717) is 18.1 Å². The predicted octanol–water partition coefficient (Wildman–Crippen LogP) is 3.12. The number of nitrogens with zero attached hydrogens (tertiary/aromatic N) is 2. The first-order valence-electron chi connectivity index (χ1n) is 8.08. The number of aromatic nitrogens is 1. The summed E-state index contributed by atoms with van der Waals surface area (Å²) in [6.07, 6.45) is 6.08. The maximum Gasteiger partial charge on any atom is 0.410 e. The Bertz CT molecular complexity index is 543. The molecule has 1 aromatic heterocycles. The number of pyridine rings is 1. The quantitative estimate of drug-likeness (QED) is 0.846. The molecule has 1 fully saturated rings. The summed E-state index contributed by atoms with van der Waals surface area (Å²) < 4.78 is 17.9. The number of carbonyl (C=O) groups excluding carboxylic acids is 1. The minimum absolute atomic E-state index is 0.00361. The molecule has 2 heterocycles. The van der Waals surface area contributed by atoms with Crippen LogP contribution in [-0.4, -0.2) is 44.1 Å². The van der Waals surface area contributed by atoms with Crippen LogP contribution < -0.4 is 0 Å². The Kier molecular flexibility index (Phi) is 6.16. The van der Waals surface area contributed by atoms with Gasteiger partial charge in [-0.25, -0.2) is 4.79 Å². The molecule has 1 aromatic rings. The van der Waals surface area contributed by atoms with Gasteiger partial charge in [-0.3, -0.25) is 9.19 Å². The second-order valence-electron chi connectivity index (χ2n) is 6.94. The van der Waals surface area contributed by atoms with Crippen LogP contribution in [0, 0.1) is 0 Å². The fourth-order valence-corrected chi connectivity index (χ4v) is 4.11. The molecular formula is C17H26N2O3S. The molecule has 0 spiro atoms. The summed E-state index contributed by atoms with van der Waals surface area (Å²) in [6.45, 7) is 6.28. The van der Waals surface area contributed by atoms with Gasteiger partial charge < -0.3 is 9.64 Å². The summed E-state index contributed by atoms with van der Waals surface area (Å²) in [5.74, 6) is 0.973. The summed E-state index contributed by atoms with van der Waals surface area (Å²) in [5, 5.41) is 0. The van der Waals surface area contributed by atoms with E-state index >= 15 is 0 Å². The van der Waals surface area contributed by atoms with Gasteiger partial charge in [0, 0.05) is 41.5 Å². The lowest BCUT2D eigenvalue weighted by Crippen LogP contribution is -2.48. The highest BCUT2D eigenvalue weighted by atomic mass is 32.2. The third-order valence-corrected chi connectivity index (χ3v) is 5.10. The van der Waals surface area contributed by atoms with Gasteiger partial charge in [0.1, 0.15) is 5.60 Å². The maximum absolute atomic E-state index is 12.4. The Morgan fingerprint density at radius 1 is 1.43 bits per heavy atom. The van der Waals surface area contributed by atoms with Crippen LogP contribution in [0.25, 0.3) is 0 Å². The molecule has 0 saturated carbocycles. The maximum atomic E-state index is 12.4. The highest BCUT2D eigenvalue weighted by Gasteiger charge is 2.31. The average molecular weight is 338 g/mol.